The normalized spacial score (nSPS) is 31.8. The molecule has 0 aliphatic heterocycles. The molecule has 3 nitrogen and oxygen atoms in total. The van der Waals surface area contributed by atoms with Gasteiger partial charge < -0.3 is 11.1 Å². The molecule has 3 heteroatoms. The SMILES string of the molecule is CC(C)[C@@H]1C[C@H]1N=C(N)NC1CCCCC1. The minimum absolute atomic E-state index is 0.496. The van der Waals surface area contributed by atoms with E-state index >= 15 is 0 Å². The molecule has 0 amide bonds. The Kier molecular flexibility index (Phi) is 3.72. The second kappa shape index (κ2) is 5.07. The second-order valence-corrected chi connectivity index (χ2v) is 5.70. The van der Waals surface area contributed by atoms with E-state index in [0.717, 1.165) is 11.8 Å². The zero-order valence-corrected chi connectivity index (χ0v) is 10.6. The van der Waals surface area contributed by atoms with Crippen LogP contribution >= 0.6 is 0 Å². The molecule has 0 aromatic heterocycles. The van der Waals surface area contributed by atoms with Crippen LogP contribution in [0.25, 0.3) is 0 Å². The summed E-state index contributed by atoms with van der Waals surface area (Å²) in [5.41, 5.74) is 5.95. The molecule has 0 aromatic carbocycles. The van der Waals surface area contributed by atoms with Crippen molar-refractivity contribution in [1.29, 1.82) is 0 Å². The molecule has 0 radical (unpaired) electrons. The lowest BCUT2D eigenvalue weighted by atomic mass is 9.96. The number of rotatable bonds is 3. The van der Waals surface area contributed by atoms with Gasteiger partial charge >= 0.3 is 0 Å². The van der Waals surface area contributed by atoms with Crippen LogP contribution in [0.2, 0.25) is 0 Å². The third-order valence-corrected chi connectivity index (χ3v) is 3.92. The molecule has 0 spiro atoms. The third-order valence-electron chi connectivity index (χ3n) is 3.92. The van der Waals surface area contributed by atoms with Gasteiger partial charge in [0.25, 0.3) is 0 Å². The van der Waals surface area contributed by atoms with Crippen LogP contribution in [0.5, 0.6) is 0 Å². The van der Waals surface area contributed by atoms with E-state index in [0.29, 0.717) is 18.0 Å². The Morgan fingerprint density at radius 1 is 1.25 bits per heavy atom. The van der Waals surface area contributed by atoms with Crippen LogP contribution < -0.4 is 11.1 Å². The van der Waals surface area contributed by atoms with Crippen LogP contribution in [0.4, 0.5) is 0 Å². The van der Waals surface area contributed by atoms with E-state index < -0.39 is 0 Å². The topological polar surface area (TPSA) is 50.4 Å². The molecule has 2 saturated carbocycles. The molecule has 2 atom stereocenters. The molecular formula is C13H25N3. The van der Waals surface area contributed by atoms with Crippen LogP contribution in [0, 0.1) is 11.8 Å². The number of nitrogens with one attached hydrogen (secondary N) is 1. The summed E-state index contributed by atoms with van der Waals surface area (Å²) in [6.45, 7) is 4.54. The van der Waals surface area contributed by atoms with Crippen LogP contribution in [0.1, 0.15) is 52.4 Å². The fourth-order valence-electron chi connectivity index (χ4n) is 2.74. The van der Waals surface area contributed by atoms with Crippen molar-refractivity contribution in [3.05, 3.63) is 0 Å². The highest BCUT2D eigenvalue weighted by atomic mass is 15.1. The molecule has 0 unspecified atom stereocenters. The van der Waals surface area contributed by atoms with Gasteiger partial charge in [-0.1, -0.05) is 33.1 Å². The van der Waals surface area contributed by atoms with Gasteiger partial charge in [-0.15, -0.1) is 0 Å². The van der Waals surface area contributed by atoms with Gasteiger partial charge in [-0.2, -0.15) is 0 Å². The van der Waals surface area contributed by atoms with Gasteiger partial charge in [0.2, 0.25) is 0 Å². The molecular weight excluding hydrogens is 198 g/mol. The van der Waals surface area contributed by atoms with Crippen molar-refractivity contribution in [3.8, 4) is 0 Å². The summed E-state index contributed by atoms with van der Waals surface area (Å²) in [6, 6.07) is 1.07. The monoisotopic (exact) mass is 223 g/mol. The first-order valence-corrected chi connectivity index (χ1v) is 6.76. The van der Waals surface area contributed by atoms with Crippen LogP contribution in [0.15, 0.2) is 4.99 Å². The minimum atomic E-state index is 0.496. The quantitative estimate of drug-likeness (QED) is 0.569. The maximum Gasteiger partial charge on any atom is 0.189 e. The van der Waals surface area contributed by atoms with E-state index in [1.165, 1.54) is 38.5 Å². The largest absolute Gasteiger partial charge is 0.370 e. The van der Waals surface area contributed by atoms with Crippen LogP contribution in [0.3, 0.4) is 0 Å². The number of hydrogen-bond donors (Lipinski definition) is 2. The molecule has 2 rings (SSSR count). The maximum absolute atomic E-state index is 5.95. The van der Waals surface area contributed by atoms with Gasteiger partial charge in [0.15, 0.2) is 5.96 Å². The molecule has 2 aliphatic carbocycles. The summed E-state index contributed by atoms with van der Waals surface area (Å²) in [6.07, 6.45) is 7.80. The van der Waals surface area contributed by atoms with Crippen LogP contribution in [-0.2, 0) is 0 Å². The highest BCUT2D eigenvalue weighted by Crippen LogP contribution is 2.39. The lowest BCUT2D eigenvalue weighted by molar-refractivity contribution is 0.412. The van der Waals surface area contributed by atoms with E-state index in [2.05, 4.69) is 24.2 Å². The number of nitrogens with two attached hydrogens (primary N) is 1. The fraction of sp³-hybridized carbons (Fsp3) is 0.923. The molecule has 2 aliphatic rings. The van der Waals surface area contributed by atoms with Gasteiger partial charge in [0.1, 0.15) is 0 Å². The Morgan fingerprint density at radius 3 is 2.50 bits per heavy atom. The van der Waals surface area contributed by atoms with Crippen molar-refractivity contribution in [3.63, 3.8) is 0 Å². The first-order valence-electron chi connectivity index (χ1n) is 6.76. The summed E-state index contributed by atoms with van der Waals surface area (Å²) >= 11 is 0. The van der Waals surface area contributed by atoms with E-state index in [-0.39, 0.29) is 0 Å². The molecule has 2 fully saturated rings. The van der Waals surface area contributed by atoms with Gasteiger partial charge in [-0.05, 0) is 31.1 Å². The van der Waals surface area contributed by atoms with E-state index in [9.17, 15) is 0 Å². The van der Waals surface area contributed by atoms with Crippen molar-refractivity contribution in [1.82, 2.24) is 5.32 Å². The van der Waals surface area contributed by atoms with E-state index in [1.54, 1.807) is 0 Å². The second-order valence-electron chi connectivity index (χ2n) is 5.70. The Bertz CT molecular complexity index is 254. The number of guanidine groups is 1. The molecule has 16 heavy (non-hydrogen) atoms. The van der Waals surface area contributed by atoms with Gasteiger partial charge in [-0.25, -0.2) is 4.99 Å². The van der Waals surface area contributed by atoms with E-state index in [1.807, 2.05) is 0 Å². The van der Waals surface area contributed by atoms with Crippen molar-refractivity contribution >= 4 is 5.96 Å². The molecule has 92 valence electrons. The third kappa shape index (κ3) is 3.13. The fourth-order valence-corrected chi connectivity index (χ4v) is 2.74. The first-order chi connectivity index (χ1) is 7.66. The summed E-state index contributed by atoms with van der Waals surface area (Å²) in [7, 11) is 0. The average Bonchev–Trinajstić information content (AvgIpc) is 2.98. The highest BCUT2D eigenvalue weighted by molar-refractivity contribution is 5.78. The van der Waals surface area contributed by atoms with Crippen molar-refractivity contribution < 1.29 is 0 Å². The highest BCUT2D eigenvalue weighted by Gasteiger charge is 2.39. The Hall–Kier alpha value is -0.730. The lowest BCUT2D eigenvalue weighted by Gasteiger charge is -2.23. The maximum atomic E-state index is 5.95. The molecule has 0 bridgehead atoms. The predicted molar refractivity (Wildman–Crippen MR) is 68.4 cm³/mol. The standard InChI is InChI=1S/C13H25N3/c1-9(2)11-8-12(11)16-13(14)15-10-6-4-3-5-7-10/h9-12H,3-8H2,1-2H3,(H3,14,15,16)/t11-,12+/m0/s1. The molecule has 0 saturated heterocycles. The zero-order chi connectivity index (χ0) is 11.5. The number of nitrogens with zero attached hydrogens (tertiary/aromatic N) is 1. The summed E-state index contributed by atoms with van der Waals surface area (Å²) < 4.78 is 0. The number of hydrogen-bond acceptors (Lipinski definition) is 1. The summed E-state index contributed by atoms with van der Waals surface area (Å²) in [4.78, 5) is 4.57. The van der Waals surface area contributed by atoms with Gasteiger partial charge in [-0.3, -0.25) is 0 Å². The smallest absolute Gasteiger partial charge is 0.189 e. The van der Waals surface area contributed by atoms with Crippen molar-refractivity contribution in [2.75, 3.05) is 0 Å². The average molecular weight is 223 g/mol. The number of aliphatic imine (C=N–C) groups is 1. The van der Waals surface area contributed by atoms with Crippen molar-refractivity contribution in [2.45, 2.75) is 64.5 Å². The molecule has 0 aromatic rings. The lowest BCUT2D eigenvalue weighted by Crippen LogP contribution is -2.41. The summed E-state index contributed by atoms with van der Waals surface area (Å²) in [5.74, 6) is 2.20. The first kappa shape index (κ1) is 11.7. The summed E-state index contributed by atoms with van der Waals surface area (Å²) in [5, 5.41) is 3.38. The van der Waals surface area contributed by atoms with Gasteiger partial charge in [0, 0.05) is 6.04 Å². The molecule has 0 heterocycles. The van der Waals surface area contributed by atoms with Crippen molar-refractivity contribution in [2.24, 2.45) is 22.6 Å². The van der Waals surface area contributed by atoms with Crippen LogP contribution in [-0.4, -0.2) is 18.0 Å². The molecule has 3 N–H and O–H groups in total. The minimum Gasteiger partial charge on any atom is -0.370 e. The predicted octanol–water partition coefficient (Wildman–Crippen LogP) is 2.27. The zero-order valence-electron chi connectivity index (χ0n) is 10.6. The van der Waals surface area contributed by atoms with Gasteiger partial charge in [0.05, 0.1) is 6.04 Å². The Morgan fingerprint density at radius 2 is 1.94 bits per heavy atom. The Balaban J connectivity index is 1.75. The van der Waals surface area contributed by atoms with E-state index in [4.69, 9.17) is 5.73 Å². The Labute approximate surface area is 98.9 Å².